The molecule has 3 heteroatoms. The minimum atomic E-state index is 0.226. The lowest BCUT2D eigenvalue weighted by molar-refractivity contribution is 0.685. The van der Waals surface area contributed by atoms with Gasteiger partial charge in [0.2, 0.25) is 0 Å². The lowest BCUT2D eigenvalue weighted by atomic mass is 10.0. The molecule has 0 aliphatic carbocycles. The molecule has 104 valence electrons. The Kier molecular flexibility index (Phi) is 3.45. The van der Waals surface area contributed by atoms with Gasteiger partial charge in [0.15, 0.2) is 0 Å². The van der Waals surface area contributed by atoms with Crippen LogP contribution in [0.1, 0.15) is 36.7 Å². The van der Waals surface area contributed by atoms with E-state index in [2.05, 4.69) is 48.7 Å². The molecule has 1 atom stereocenters. The van der Waals surface area contributed by atoms with Gasteiger partial charge in [-0.1, -0.05) is 37.3 Å². The van der Waals surface area contributed by atoms with E-state index in [1.54, 1.807) is 0 Å². The molecule has 0 saturated carbocycles. The smallest absolute Gasteiger partial charge is 0.117 e. The summed E-state index contributed by atoms with van der Waals surface area (Å²) in [6.07, 6.45) is 0. The molecule has 3 nitrogen and oxygen atoms in total. The summed E-state index contributed by atoms with van der Waals surface area (Å²) in [6.45, 7) is 5.17. The van der Waals surface area contributed by atoms with Crippen LogP contribution in [0.25, 0.3) is 11.0 Å². The van der Waals surface area contributed by atoms with Gasteiger partial charge in [0.25, 0.3) is 0 Å². The van der Waals surface area contributed by atoms with Crippen LogP contribution in [0, 0.1) is 11.3 Å². The molecule has 1 unspecified atom stereocenters. The molecule has 1 heterocycles. The number of nitrogens with zero attached hydrogens (tertiary/aromatic N) is 3. The molecule has 0 fully saturated rings. The second-order valence-electron chi connectivity index (χ2n) is 5.16. The first-order valence-corrected chi connectivity index (χ1v) is 7.19. The van der Waals surface area contributed by atoms with Crippen LogP contribution in [0.15, 0.2) is 48.5 Å². The van der Waals surface area contributed by atoms with Gasteiger partial charge in [-0.2, -0.15) is 5.26 Å². The zero-order valence-corrected chi connectivity index (χ0v) is 12.2. The van der Waals surface area contributed by atoms with Gasteiger partial charge < -0.3 is 4.57 Å². The molecule has 0 aliphatic heterocycles. The maximum atomic E-state index is 9.03. The topological polar surface area (TPSA) is 41.6 Å². The Bertz CT molecular complexity index is 810. The van der Waals surface area contributed by atoms with Gasteiger partial charge in [-0.3, -0.25) is 0 Å². The summed E-state index contributed by atoms with van der Waals surface area (Å²) in [7, 11) is 0. The van der Waals surface area contributed by atoms with E-state index in [4.69, 9.17) is 10.2 Å². The van der Waals surface area contributed by atoms with Crippen molar-refractivity contribution in [3.63, 3.8) is 0 Å². The fourth-order valence-corrected chi connectivity index (χ4v) is 2.77. The molecular weight excluding hydrogens is 258 g/mol. The van der Waals surface area contributed by atoms with Crippen molar-refractivity contribution in [2.45, 2.75) is 26.3 Å². The zero-order valence-electron chi connectivity index (χ0n) is 12.2. The SMILES string of the molecule is CCn1c(C(C)c2ccccc2)nc2cc(C#N)ccc21. The van der Waals surface area contributed by atoms with Gasteiger partial charge in [-0.15, -0.1) is 0 Å². The van der Waals surface area contributed by atoms with Crippen molar-refractivity contribution < 1.29 is 0 Å². The van der Waals surface area contributed by atoms with Crippen LogP contribution < -0.4 is 0 Å². The first-order chi connectivity index (χ1) is 10.2. The predicted octanol–water partition coefficient (Wildman–Crippen LogP) is 4.08. The number of aromatic nitrogens is 2. The van der Waals surface area contributed by atoms with Crippen molar-refractivity contribution in [3.05, 3.63) is 65.5 Å². The minimum absolute atomic E-state index is 0.226. The van der Waals surface area contributed by atoms with E-state index in [0.29, 0.717) is 5.56 Å². The minimum Gasteiger partial charge on any atom is -0.328 e. The third-order valence-corrected chi connectivity index (χ3v) is 3.91. The van der Waals surface area contributed by atoms with Crippen LogP contribution in [0.3, 0.4) is 0 Å². The maximum absolute atomic E-state index is 9.03. The second kappa shape index (κ2) is 5.41. The van der Waals surface area contributed by atoms with E-state index in [1.165, 1.54) is 5.56 Å². The summed E-state index contributed by atoms with van der Waals surface area (Å²) in [4.78, 5) is 4.78. The van der Waals surface area contributed by atoms with Gasteiger partial charge in [-0.05, 0) is 30.7 Å². The molecule has 0 bridgehead atoms. The number of benzene rings is 2. The largest absolute Gasteiger partial charge is 0.328 e. The first kappa shape index (κ1) is 13.4. The molecule has 3 rings (SSSR count). The van der Waals surface area contributed by atoms with Crippen LogP contribution in [-0.2, 0) is 6.54 Å². The predicted molar refractivity (Wildman–Crippen MR) is 84.1 cm³/mol. The quantitative estimate of drug-likeness (QED) is 0.722. The molecule has 0 spiro atoms. The number of fused-ring (bicyclic) bond motifs is 1. The summed E-state index contributed by atoms with van der Waals surface area (Å²) in [5, 5.41) is 9.03. The highest BCUT2D eigenvalue weighted by molar-refractivity contribution is 5.78. The molecule has 0 N–H and O–H groups in total. The van der Waals surface area contributed by atoms with E-state index in [9.17, 15) is 0 Å². The monoisotopic (exact) mass is 275 g/mol. The number of hydrogen-bond acceptors (Lipinski definition) is 2. The Morgan fingerprint density at radius 3 is 2.62 bits per heavy atom. The lowest BCUT2D eigenvalue weighted by Gasteiger charge is -2.13. The molecule has 3 aromatic rings. The maximum Gasteiger partial charge on any atom is 0.117 e. The number of hydrogen-bond donors (Lipinski definition) is 0. The Balaban J connectivity index is 2.16. The van der Waals surface area contributed by atoms with Crippen LogP contribution in [0.4, 0.5) is 0 Å². The standard InChI is InChI=1S/C18H17N3/c1-3-21-17-10-9-14(12-19)11-16(17)20-18(21)13(2)15-7-5-4-6-8-15/h4-11,13H,3H2,1-2H3. The zero-order chi connectivity index (χ0) is 14.8. The van der Waals surface area contributed by atoms with Crippen molar-refractivity contribution >= 4 is 11.0 Å². The molecule has 0 aliphatic rings. The fraction of sp³-hybridized carbons (Fsp3) is 0.222. The highest BCUT2D eigenvalue weighted by atomic mass is 15.1. The van der Waals surface area contributed by atoms with Crippen LogP contribution in [-0.4, -0.2) is 9.55 Å². The number of imidazole rings is 1. The summed E-state index contributed by atoms with van der Waals surface area (Å²) in [6, 6.07) is 18.3. The summed E-state index contributed by atoms with van der Waals surface area (Å²) < 4.78 is 2.23. The second-order valence-corrected chi connectivity index (χ2v) is 5.16. The van der Waals surface area contributed by atoms with E-state index in [1.807, 2.05) is 24.3 Å². The lowest BCUT2D eigenvalue weighted by Crippen LogP contribution is -2.06. The molecule has 0 amide bonds. The summed E-state index contributed by atoms with van der Waals surface area (Å²) in [5.74, 6) is 1.28. The third kappa shape index (κ3) is 2.30. The summed E-state index contributed by atoms with van der Waals surface area (Å²) >= 11 is 0. The van der Waals surface area contributed by atoms with Gasteiger partial charge in [0.1, 0.15) is 5.82 Å². The fourth-order valence-electron chi connectivity index (χ4n) is 2.77. The Morgan fingerprint density at radius 1 is 1.19 bits per heavy atom. The first-order valence-electron chi connectivity index (χ1n) is 7.19. The van der Waals surface area contributed by atoms with Crippen molar-refractivity contribution in [3.8, 4) is 6.07 Å². The van der Waals surface area contributed by atoms with E-state index >= 15 is 0 Å². The van der Waals surface area contributed by atoms with E-state index in [-0.39, 0.29) is 5.92 Å². The average Bonchev–Trinajstić information content (AvgIpc) is 2.92. The summed E-state index contributed by atoms with van der Waals surface area (Å²) in [5.41, 5.74) is 3.90. The molecule has 0 radical (unpaired) electrons. The number of nitriles is 1. The van der Waals surface area contributed by atoms with Crippen molar-refractivity contribution in [2.75, 3.05) is 0 Å². The normalized spacial score (nSPS) is 12.2. The van der Waals surface area contributed by atoms with Gasteiger partial charge in [-0.25, -0.2) is 4.98 Å². The molecule has 2 aromatic carbocycles. The Morgan fingerprint density at radius 2 is 1.95 bits per heavy atom. The molecule has 0 saturated heterocycles. The van der Waals surface area contributed by atoms with Gasteiger partial charge in [0, 0.05) is 12.5 Å². The van der Waals surface area contributed by atoms with Crippen LogP contribution in [0.5, 0.6) is 0 Å². The van der Waals surface area contributed by atoms with E-state index < -0.39 is 0 Å². The Labute approximate surface area is 124 Å². The molecule has 1 aromatic heterocycles. The van der Waals surface area contributed by atoms with Crippen molar-refractivity contribution in [1.82, 2.24) is 9.55 Å². The van der Waals surface area contributed by atoms with Crippen molar-refractivity contribution in [1.29, 1.82) is 5.26 Å². The van der Waals surface area contributed by atoms with Crippen LogP contribution in [0.2, 0.25) is 0 Å². The Hall–Kier alpha value is -2.60. The highest BCUT2D eigenvalue weighted by Gasteiger charge is 2.17. The average molecular weight is 275 g/mol. The van der Waals surface area contributed by atoms with Gasteiger partial charge >= 0.3 is 0 Å². The highest BCUT2D eigenvalue weighted by Crippen LogP contribution is 2.27. The van der Waals surface area contributed by atoms with Crippen LogP contribution >= 0.6 is 0 Å². The molecule has 21 heavy (non-hydrogen) atoms. The number of aryl methyl sites for hydroxylation is 1. The third-order valence-electron chi connectivity index (χ3n) is 3.91. The van der Waals surface area contributed by atoms with Gasteiger partial charge in [0.05, 0.1) is 22.7 Å². The van der Waals surface area contributed by atoms with Crippen molar-refractivity contribution in [2.24, 2.45) is 0 Å². The number of rotatable bonds is 3. The van der Waals surface area contributed by atoms with E-state index in [0.717, 1.165) is 23.4 Å². The molecular formula is C18H17N3.